The molecule has 27 heavy (non-hydrogen) atoms. The van der Waals surface area contributed by atoms with Gasteiger partial charge < -0.3 is 0 Å². The van der Waals surface area contributed by atoms with E-state index in [0.717, 1.165) is 16.9 Å². The van der Waals surface area contributed by atoms with E-state index in [-0.39, 0.29) is 15.5 Å². The zero-order valence-corrected chi connectivity index (χ0v) is 16.0. The molecule has 3 aromatic rings. The number of anilines is 1. The molecule has 0 atom stereocenters. The van der Waals surface area contributed by atoms with Gasteiger partial charge in [0.15, 0.2) is 0 Å². The highest BCUT2D eigenvalue weighted by Crippen LogP contribution is 2.22. The zero-order chi connectivity index (χ0) is 19.3. The van der Waals surface area contributed by atoms with Crippen LogP contribution in [0.2, 0.25) is 0 Å². The Hall–Kier alpha value is -2.97. The summed E-state index contributed by atoms with van der Waals surface area (Å²) in [5.41, 5.74) is 4.37. The molecule has 0 aliphatic carbocycles. The Morgan fingerprint density at radius 1 is 0.963 bits per heavy atom. The van der Waals surface area contributed by atoms with Gasteiger partial charge in [-0.2, -0.15) is 5.10 Å². The van der Waals surface area contributed by atoms with E-state index in [9.17, 15) is 13.2 Å². The van der Waals surface area contributed by atoms with Crippen molar-refractivity contribution in [1.82, 2.24) is 5.43 Å². The van der Waals surface area contributed by atoms with Crippen molar-refractivity contribution in [1.29, 1.82) is 0 Å². The molecule has 0 radical (unpaired) electrons. The van der Waals surface area contributed by atoms with Gasteiger partial charge in [-0.1, -0.05) is 48.5 Å². The van der Waals surface area contributed by atoms with E-state index < -0.39 is 15.9 Å². The lowest BCUT2D eigenvalue weighted by molar-refractivity contribution is 0.0955. The van der Waals surface area contributed by atoms with Crippen molar-refractivity contribution >= 4 is 38.7 Å². The molecule has 0 unspecified atom stereocenters. The number of amides is 1. The van der Waals surface area contributed by atoms with Gasteiger partial charge in [0.1, 0.15) is 4.21 Å². The summed E-state index contributed by atoms with van der Waals surface area (Å²) in [5.74, 6) is -0.505. The van der Waals surface area contributed by atoms with Crippen LogP contribution in [-0.4, -0.2) is 20.0 Å². The van der Waals surface area contributed by atoms with Crippen molar-refractivity contribution in [2.45, 2.75) is 11.1 Å². The van der Waals surface area contributed by atoms with Crippen LogP contribution in [-0.2, 0) is 10.0 Å². The number of para-hydroxylation sites is 1. The summed E-state index contributed by atoms with van der Waals surface area (Å²) in [5, 5.41) is 5.77. The molecule has 138 valence electrons. The highest BCUT2D eigenvalue weighted by molar-refractivity contribution is 7.94. The maximum Gasteiger partial charge on any atom is 0.273 e. The Kier molecular flexibility index (Phi) is 5.68. The molecule has 8 heteroatoms. The van der Waals surface area contributed by atoms with Crippen molar-refractivity contribution in [3.8, 4) is 0 Å². The average Bonchev–Trinajstić information content (AvgIpc) is 3.22. The van der Waals surface area contributed by atoms with Crippen molar-refractivity contribution in [3.63, 3.8) is 0 Å². The number of nitrogens with zero attached hydrogens (tertiary/aromatic N) is 1. The number of hydrogen-bond acceptors (Lipinski definition) is 5. The minimum absolute atomic E-state index is 0.177. The smallest absolute Gasteiger partial charge is 0.273 e. The average molecular weight is 399 g/mol. The highest BCUT2D eigenvalue weighted by Gasteiger charge is 2.19. The number of sulfonamides is 1. The second kappa shape index (κ2) is 8.15. The van der Waals surface area contributed by atoms with E-state index in [2.05, 4.69) is 15.2 Å². The van der Waals surface area contributed by atoms with Crippen molar-refractivity contribution in [3.05, 3.63) is 83.2 Å². The lowest BCUT2D eigenvalue weighted by atomic mass is 10.1. The third kappa shape index (κ3) is 4.60. The number of thiophene rings is 1. The normalized spacial score (nSPS) is 11.8. The molecule has 1 amide bonds. The van der Waals surface area contributed by atoms with Gasteiger partial charge in [0, 0.05) is 0 Å². The molecule has 0 aliphatic heterocycles. The third-order valence-electron chi connectivity index (χ3n) is 3.69. The van der Waals surface area contributed by atoms with Crippen LogP contribution >= 0.6 is 11.3 Å². The van der Waals surface area contributed by atoms with Crippen LogP contribution in [0.25, 0.3) is 0 Å². The van der Waals surface area contributed by atoms with Crippen molar-refractivity contribution in [2.75, 3.05) is 4.72 Å². The standard InChI is InChI=1S/C19H17N3O3S2/c1-14(15-8-3-2-4-9-15)20-21-19(23)16-10-5-6-11-17(16)22-27(24,25)18-12-7-13-26-18/h2-13,22H,1H3,(H,21,23). The molecule has 1 heterocycles. The molecule has 2 N–H and O–H groups in total. The fourth-order valence-electron chi connectivity index (χ4n) is 2.32. The molecule has 0 saturated heterocycles. The second-order valence-electron chi connectivity index (χ2n) is 5.59. The first-order valence-electron chi connectivity index (χ1n) is 8.03. The molecule has 3 rings (SSSR count). The van der Waals surface area contributed by atoms with E-state index in [0.29, 0.717) is 5.71 Å². The van der Waals surface area contributed by atoms with Crippen molar-refractivity contribution in [2.24, 2.45) is 5.10 Å². The van der Waals surface area contributed by atoms with Gasteiger partial charge in [-0.3, -0.25) is 9.52 Å². The summed E-state index contributed by atoms with van der Waals surface area (Å²) in [6, 6.07) is 19.0. The highest BCUT2D eigenvalue weighted by atomic mass is 32.2. The van der Waals surface area contributed by atoms with Crippen LogP contribution < -0.4 is 10.1 Å². The molecule has 1 aromatic heterocycles. The molecule has 0 aliphatic rings. The fraction of sp³-hybridized carbons (Fsp3) is 0.0526. The number of hydrazone groups is 1. The van der Waals surface area contributed by atoms with Crippen LogP contribution in [0.5, 0.6) is 0 Å². The third-order valence-corrected chi connectivity index (χ3v) is 6.46. The Bertz CT molecular complexity index is 1060. The van der Waals surface area contributed by atoms with Crippen LogP contribution in [0.4, 0.5) is 5.69 Å². The monoisotopic (exact) mass is 399 g/mol. The Labute approximate surface area is 161 Å². The number of carbonyl (C=O) groups is 1. The Morgan fingerprint density at radius 2 is 1.67 bits per heavy atom. The lowest BCUT2D eigenvalue weighted by Crippen LogP contribution is -2.22. The van der Waals surface area contributed by atoms with E-state index in [4.69, 9.17) is 0 Å². The minimum Gasteiger partial charge on any atom is -0.278 e. The predicted molar refractivity (Wildman–Crippen MR) is 108 cm³/mol. The van der Waals surface area contributed by atoms with E-state index in [1.165, 1.54) is 18.2 Å². The summed E-state index contributed by atoms with van der Waals surface area (Å²) in [7, 11) is -3.75. The fourth-order valence-corrected chi connectivity index (χ4v) is 4.39. The van der Waals surface area contributed by atoms with Gasteiger partial charge >= 0.3 is 0 Å². The molecule has 6 nitrogen and oxygen atoms in total. The number of benzene rings is 2. The number of carbonyl (C=O) groups excluding carboxylic acids is 1. The maximum atomic E-state index is 12.5. The Balaban J connectivity index is 1.80. The minimum atomic E-state index is -3.75. The molecule has 0 fully saturated rings. The SMILES string of the molecule is CC(=NNC(=O)c1ccccc1NS(=O)(=O)c1cccs1)c1ccccc1. The van der Waals surface area contributed by atoms with Crippen LogP contribution in [0.15, 0.2) is 81.4 Å². The van der Waals surface area contributed by atoms with E-state index in [1.54, 1.807) is 30.5 Å². The van der Waals surface area contributed by atoms with Gasteiger partial charge in [0.05, 0.1) is 17.0 Å². The van der Waals surface area contributed by atoms with Crippen LogP contribution in [0.3, 0.4) is 0 Å². The van der Waals surface area contributed by atoms with Gasteiger partial charge in [-0.05, 0) is 36.1 Å². The zero-order valence-electron chi connectivity index (χ0n) is 14.4. The second-order valence-corrected chi connectivity index (χ2v) is 8.44. The lowest BCUT2D eigenvalue weighted by Gasteiger charge is -2.11. The molecular weight excluding hydrogens is 382 g/mol. The molecular formula is C19H17N3O3S2. The van der Waals surface area contributed by atoms with Gasteiger partial charge in [-0.15, -0.1) is 11.3 Å². The van der Waals surface area contributed by atoms with Crippen LogP contribution in [0.1, 0.15) is 22.8 Å². The summed E-state index contributed by atoms with van der Waals surface area (Å²) < 4.78 is 27.5. The van der Waals surface area contributed by atoms with Crippen LogP contribution in [0, 0.1) is 0 Å². The van der Waals surface area contributed by atoms with Gasteiger partial charge in [0.25, 0.3) is 15.9 Å². The summed E-state index contributed by atoms with van der Waals surface area (Å²) in [6.45, 7) is 1.78. The summed E-state index contributed by atoms with van der Waals surface area (Å²) >= 11 is 1.10. The van der Waals surface area contributed by atoms with E-state index >= 15 is 0 Å². The largest absolute Gasteiger partial charge is 0.278 e. The number of rotatable bonds is 6. The predicted octanol–water partition coefficient (Wildman–Crippen LogP) is 3.70. The summed E-state index contributed by atoms with van der Waals surface area (Å²) in [6.07, 6.45) is 0. The molecule has 0 spiro atoms. The van der Waals surface area contributed by atoms with Crippen molar-refractivity contribution < 1.29 is 13.2 Å². The first-order chi connectivity index (χ1) is 13.0. The van der Waals surface area contributed by atoms with Gasteiger partial charge in [0.2, 0.25) is 0 Å². The summed E-state index contributed by atoms with van der Waals surface area (Å²) in [4.78, 5) is 12.5. The number of hydrogen-bond donors (Lipinski definition) is 2. The quantitative estimate of drug-likeness (QED) is 0.489. The van der Waals surface area contributed by atoms with Gasteiger partial charge in [-0.25, -0.2) is 13.8 Å². The maximum absolute atomic E-state index is 12.5. The Morgan fingerprint density at radius 3 is 2.37 bits per heavy atom. The number of nitrogens with one attached hydrogen (secondary N) is 2. The van der Waals surface area contributed by atoms with E-state index in [1.807, 2.05) is 30.3 Å². The topological polar surface area (TPSA) is 87.6 Å². The first kappa shape index (κ1) is 18.8. The first-order valence-corrected chi connectivity index (χ1v) is 10.4. The molecule has 0 bridgehead atoms. The molecule has 0 saturated carbocycles. The molecule has 2 aromatic carbocycles.